The van der Waals surface area contributed by atoms with Gasteiger partial charge in [0, 0.05) is 12.4 Å². The summed E-state index contributed by atoms with van der Waals surface area (Å²) in [5.41, 5.74) is 0.669. The van der Waals surface area contributed by atoms with E-state index >= 15 is 0 Å². The molecule has 6 nitrogen and oxygen atoms in total. The van der Waals surface area contributed by atoms with Gasteiger partial charge in [0.2, 0.25) is 0 Å². The van der Waals surface area contributed by atoms with Crippen LogP contribution in [0.25, 0.3) is 5.52 Å². The Hall–Kier alpha value is -2.76. The first-order valence-electron chi connectivity index (χ1n) is 5.82. The van der Waals surface area contributed by atoms with Crippen LogP contribution in [0.15, 0.2) is 42.7 Å². The Morgan fingerprint density at radius 3 is 3.00 bits per heavy atom. The molecule has 0 aliphatic heterocycles. The van der Waals surface area contributed by atoms with Crippen LogP contribution >= 0.6 is 0 Å². The molecule has 3 N–H and O–H groups in total. The molecule has 0 aliphatic rings. The second-order valence-electron chi connectivity index (χ2n) is 4.08. The molecule has 3 aromatic rings. The van der Waals surface area contributed by atoms with Gasteiger partial charge in [0.15, 0.2) is 5.69 Å². The first-order chi connectivity index (χ1) is 9.25. The number of hydrogen-bond donors (Lipinski definition) is 3. The number of carboxylic acid groups (broad SMARTS) is 1. The maximum Gasteiger partial charge on any atom is 0.356 e. The highest BCUT2D eigenvalue weighted by atomic mass is 16.4. The summed E-state index contributed by atoms with van der Waals surface area (Å²) in [4.78, 5) is 18.4. The van der Waals surface area contributed by atoms with Crippen molar-refractivity contribution in [2.24, 2.45) is 0 Å². The largest absolute Gasteiger partial charge is 0.476 e. The van der Waals surface area contributed by atoms with E-state index in [4.69, 9.17) is 5.11 Å². The number of carboxylic acids is 1. The predicted octanol–water partition coefficient (Wildman–Crippen LogP) is 1.97. The van der Waals surface area contributed by atoms with E-state index in [1.807, 2.05) is 24.4 Å². The van der Waals surface area contributed by atoms with Gasteiger partial charge in [0.1, 0.15) is 11.6 Å². The lowest BCUT2D eigenvalue weighted by Gasteiger charge is -2.03. The molecule has 0 saturated heterocycles. The van der Waals surface area contributed by atoms with Crippen LogP contribution in [0.1, 0.15) is 16.3 Å². The van der Waals surface area contributed by atoms with Crippen LogP contribution in [-0.2, 0) is 6.54 Å². The van der Waals surface area contributed by atoms with Crippen LogP contribution in [-0.4, -0.2) is 25.4 Å². The van der Waals surface area contributed by atoms with Crippen molar-refractivity contribution in [2.45, 2.75) is 6.54 Å². The van der Waals surface area contributed by atoms with Gasteiger partial charge in [-0.2, -0.15) is 0 Å². The number of aromatic nitrogens is 3. The Bertz CT molecular complexity index is 715. The Balaban J connectivity index is 1.97. The molecule has 3 aromatic heterocycles. The van der Waals surface area contributed by atoms with Crippen molar-refractivity contribution in [3.8, 4) is 0 Å². The minimum atomic E-state index is -1.02. The minimum absolute atomic E-state index is 0.0730. The smallest absolute Gasteiger partial charge is 0.356 e. The van der Waals surface area contributed by atoms with E-state index in [0.717, 1.165) is 5.82 Å². The number of nitrogens with one attached hydrogen (secondary N) is 2. The second-order valence-corrected chi connectivity index (χ2v) is 4.08. The Labute approximate surface area is 108 Å². The van der Waals surface area contributed by atoms with E-state index in [1.165, 1.54) is 0 Å². The molecule has 6 heteroatoms. The average molecular weight is 256 g/mol. The molecule has 19 heavy (non-hydrogen) atoms. The average Bonchev–Trinajstić information content (AvgIpc) is 3.04. The summed E-state index contributed by atoms with van der Waals surface area (Å²) in [6, 6.07) is 9.17. The summed E-state index contributed by atoms with van der Waals surface area (Å²) in [6.07, 6.45) is 3.62. The summed E-state index contributed by atoms with van der Waals surface area (Å²) < 4.78 is 1.78. The number of anilines is 1. The summed E-state index contributed by atoms with van der Waals surface area (Å²) in [5, 5.41) is 12.3. The number of aromatic amines is 1. The van der Waals surface area contributed by atoms with Gasteiger partial charge in [-0.25, -0.2) is 9.78 Å². The van der Waals surface area contributed by atoms with Crippen LogP contribution < -0.4 is 5.32 Å². The molecule has 0 bridgehead atoms. The highest BCUT2D eigenvalue weighted by Gasteiger charge is 2.15. The third-order valence-corrected chi connectivity index (χ3v) is 2.86. The number of H-pyrrole nitrogens is 1. The van der Waals surface area contributed by atoms with Crippen LogP contribution in [0.3, 0.4) is 0 Å². The first-order valence-corrected chi connectivity index (χ1v) is 5.82. The predicted molar refractivity (Wildman–Crippen MR) is 70.3 cm³/mol. The molecular formula is C13H12N4O2. The van der Waals surface area contributed by atoms with Crippen LogP contribution in [0.4, 0.5) is 5.82 Å². The fourth-order valence-electron chi connectivity index (χ4n) is 2.00. The molecule has 0 amide bonds. The monoisotopic (exact) mass is 256 g/mol. The van der Waals surface area contributed by atoms with Gasteiger partial charge in [0.25, 0.3) is 0 Å². The Morgan fingerprint density at radius 2 is 2.26 bits per heavy atom. The molecule has 0 fully saturated rings. The maximum absolute atomic E-state index is 11.2. The molecule has 3 heterocycles. The van der Waals surface area contributed by atoms with Gasteiger partial charge in [-0.3, -0.25) is 0 Å². The fourth-order valence-corrected chi connectivity index (χ4v) is 2.00. The van der Waals surface area contributed by atoms with E-state index in [1.54, 1.807) is 22.7 Å². The summed E-state index contributed by atoms with van der Waals surface area (Å²) in [7, 11) is 0. The topological polar surface area (TPSA) is 82.4 Å². The van der Waals surface area contributed by atoms with Crippen LogP contribution in [0.2, 0.25) is 0 Å². The number of nitrogens with zero attached hydrogens (tertiary/aromatic N) is 2. The van der Waals surface area contributed by atoms with Gasteiger partial charge >= 0.3 is 5.97 Å². The number of pyridine rings is 1. The quantitative estimate of drug-likeness (QED) is 0.666. The van der Waals surface area contributed by atoms with E-state index in [2.05, 4.69) is 15.3 Å². The molecule has 0 saturated carbocycles. The summed E-state index contributed by atoms with van der Waals surface area (Å²) >= 11 is 0. The third kappa shape index (κ3) is 2.03. The second kappa shape index (κ2) is 4.49. The van der Waals surface area contributed by atoms with E-state index in [-0.39, 0.29) is 5.69 Å². The Kier molecular flexibility index (Phi) is 2.68. The van der Waals surface area contributed by atoms with E-state index in [9.17, 15) is 4.79 Å². The van der Waals surface area contributed by atoms with E-state index in [0.29, 0.717) is 17.9 Å². The molecule has 3 rings (SSSR count). The normalized spacial score (nSPS) is 10.7. The number of aromatic carboxylic acids is 1. The molecule has 0 unspecified atom stereocenters. The molecule has 0 aliphatic carbocycles. The van der Waals surface area contributed by atoms with Crippen molar-refractivity contribution in [2.75, 3.05) is 5.32 Å². The molecule has 0 radical (unpaired) electrons. The van der Waals surface area contributed by atoms with Crippen molar-refractivity contribution >= 4 is 17.3 Å². The van der Waals surface area contributed by atoms with Gasteiger partial charge in [-0.15, -0.1) is 0 Å². The zero-order valence-electron chi connectivity index (χ0n) is 10.00. The Morgan fingerprint density at radius 1 is 1.37 bits per heavy atom. The highest BCUT2D eigenvalue weighted by molar-refractivity contribution is 5.93. The molecule has 96 valence electrons. The van der Waals surface area contributed by atoms with Crippen molar-refractivity contribution in [3.63, 3.8) is 0 Å². The van der Waals surface area contributed by atoms with Crippen LogP contribution in [0.5, 0.6) is 0 Å². The number of hydrogen-bond acceptors (Lipinski definition) is 3. The van der Waals surface area contributed by atoms with Crippen LogP contribution in [0, 0.1) is 0 Å². The SMILES string of the molecule is O=C(O)c1nc(CNc2ccc[nH]2)n2ccccc12. The lowest BCUT2D eigenvalue weighted by atomic mass is 10.3. The van der Waals surface area contributed by atoms with Gasteiger partial charge in [-0.1, -0.05) is 6.07 Å². The number of fused-ring (bicyclic) bond motifs is 1. The summed E-state index contributed by atoms with van der Waals surface area (Å²) in [6.45, 7) is 0.443. The van der Waals surface area contributed by atoms with Gasteiger partial charge in [-0.05, 0) is 24.3 Å². The van der Waals surface area contributed by atoms with Crippen molar-refractivity contribution < 1.29 is 9.90 Å². The van der Waals surface area contributed by atoms with Crippen molar-refractivity contribution in [1.82, 2.24) is 14.4 Å². The first kappa shape index (κ1) is 11.3. The van der Waals surface area contributed by atoms with Crippen molar-refractivity contribution in [3.05, 3.63) is 54.2 Å². The molecule has 0 aromatic carbocycles. The van der Waals surface area contributed by atoms with Crippen molar-refractivity contribution in [1.29, 1.82) is 0 Å². The van der Waals surface area contributed by atoms with Gasteiger partial charge < -0.3 is 19.8 Å². The highest BCUT2D eigenvalue weighted by Crippen LogP contribution is 2.14. The number of rotatable bonds is 4. The lowest BCUT2D eigenvalue weighted by Crippen LogP contribution is -2.04. The lowest BCUT2D eigenvalue weighted by molar-refractivity contribution is 0.0693. The summed E-state index contributed by atoms with van der Waals surface area (Å²) in [5.74, 6) is 0.502. The molecule has 0 atom stereocenters. The molecule has 0 spiro atoms. The van der Waals surface area contributed by atoms with E-state index < -0.39 is 5.97 Å². The molecular weight excluding hydrogens is 244 g/mol. The zero-order valence-corrected chi connectivity index (χ0v) is 10.00. The third-order valence-electron chi connectivity index (χ3n) is 2.86. The number of imidazole rings is 1. The standard InChI is InChI=1S/C13H12N4O2/c18-13(19)12-9-4-1-2-7-17(9)11(16-12)8-15-10-5-3-6-14-10/h1-7,14-15H,8H2,(H,18,19). The number of carbonyl (C=O) groups is 1. The zero-order chi connectivity index (χ0) is 13.2. The minimum Gasteiger partial charge on any atom is -0.476 e. The maximum atomic E-state index is 11.2. The van der Waals surface area contributed by atoms with Gasteiger partial charge in [0.05, 0.1) is 12.1 Å². The fraction of sp³-hybridized carbons (Fsp3) is 0.0769.